The Kier molecular flexibility index (Phi) is 2.20. The fourth-order valence-electron chi connectivity index (χ4n) is 4.42. The summed E-state index contributed by atoms with van der Waals surface area (Å²) in [5.41, 5.74) is -0.602. The summed E-state index contributed by atoms with van der Waals surface area (Å²) in [4.78, 5) is 24.0. The van der Waals surface area contributed by atoms with E-state index >= 15 is 0 Å². The third-order valence-corrected chi connectivity index (χ3v) is 5.78. The first kappa shape index (κ1) is 11.2. The van der Waals surface area contributed by atoms with Crippen LogP contribution in [-0.4, -0.2) is 18.4 Å². The summed E-state index contributed by atoms with van der Waals surface area (Å²) in [5.74, 6) is 0.929. The van der Waals surface area contributed by atoms with Crippen LogP contribution >= 0.6 is 0 Å². The van der Waals surface area contributed by atoms with Crippen molar-refractivity contribution in [2.24, 2.45) is 22.7 Å². The monoisotopic (exact) mass is 236 g/mol. The lowest BCUT2D eigenvalue weighted by Crippen LogP contribution is -2.35. The molecule has 2 unspecified atom stereocenters. The highest BCUT2D eigenvalue weighted by molar-refractivity contribution is 6.09. The molecule has 3 nitrogen and oxygen atoms in total. The van der Waals surface area contributed by atoms with E-state index in [1.54, 1.807) is 0 Å². The van der Waals surface area contributed by atoms with Crippen molar-refractivity contribution in [3.05, 3.63) is 0 Å². The number of carbonyl (C=O) groups excluding carboxylic acids is 2. The summed E-state index contributed by atoms with van der Waals surface area (Å²) in [6, 6.07) is 0. The van der Waals surface area contributed by atoms with Crippen LogP contribution in [-0.2, 0) is 14.3 Å². The summed E-state index contributed by atoms with van der Waals surface area (Å²) in [6.07, 6.45) is 5.10. The molecule has 1 heterocycles. The molecule has 3 fully saturated rings. The molecular weight excluding hydrogens is 216 g/mol. The van der Waals surface area contributed by atoms with E-state index in [1.807, 2.05) is 0 Å². The maximum absolute atomic E-state index is 12.1. The molecule has 0 aromatic heterocycles. The van der Waals surface area contributed by atoms with Crippen molar-refractivity contribution in [3.63, 3.8) is 0 Å². The van der Waals surface area contributed by atoms with Gasteiger partial charge in [-0.15, -0.1) is 0 Å². The minimum atomic E-state index is -0.766. The first-order valence-electron chi connectivity index (χ1n) is 6.69. The lowest BCUT2D eigenvalue weighted by atomic mass is 9.63. The average molecular weight is 236 g/mol. The van der Waals surface area contributed by atoms with Gasteiger partial charge in [-0.1, -0.05) is 26.7 Å². The van der Waals surface area contributed by atoms with Gasteiger partial charge in [0.2, 0.25) is 0 Å². The molecule has 17 heavy (non-hydrogen) atoms. The molecule has 0 aromatic rings. The minimum absolute atomic E-state index is 0.00993. The molecule has 1 aliphatic heterocycles. The van der Waals surface area contributed by atoms with Crippen LogP contribution < -0.4 is 0 Å². The molecular formula is C14H20O3. The zero-order valence-corrected chi connectivity index (χ0v) is 10.6. The lowest BCUT2D eigenvalue weighted by Gasteiger charge is -2.42. The largest absolute Gasteiger partial charge is 0.457 e. The molecule has 4 atom stereocenters. The number of cyclic esters (lactones) is 1. The maximum Gasteiger partial charge on any atom is 0.320 e. The van der Waals surface area contributed by atoms with Crippen LogP contribution in [0.3, 0.4) is 0 Å². The Morgan fingerprint density at radius 1 is 1.29 bits per heavy atom. The molecule has 2 aliphatic carbocycles. The van der Waals surface area contributed by atoms with E-state index in [2.05, 4.69) is 13.8 Å². The van der Waals surface area contributed by atoms with Crippen LogP contribution in [0.4, 0.5) is 0 Å². The van der Waals surface area contributed by atoms with E-state index in [9.17, 15) is 9.59 Å². The molecule has 0 bridgehead atoms. The summed E-state index contributed by atoms with van der Waals surface area (Å²) in [6.45, 7) is 4.56. The lowest BCUT2D eigenvalue weighted by molar-refractivity contribution is -0.147. The number of fused-ring (bicyclic) bond motifs is 1. The van der Waals surface area contributed by atoms with Crippen molar-refractivity contribution in [2.45, 2.75) is 46.0 Å². The number of hydrogen-bond donors (Lipinski definition) is 0. The van der Waals surface area contributed by atoms with E-state index in [4.69, 9.17) is 4.74 Å². The molecule has 3 rings (SSSR count). The van der Waals surface area contributed by atoms with Gasteiger partial charge >= 0.3 is 5.97 Å². The molecule has 0 N–H and O–H groups in total. The Morgan fingerprint density at radius 3 is 2.65 bits per heavy atom. The second kappa shape index (κ2) is 3.33. The van der Waals surface area contributed by atoms with Crippen LogP contribution in [0.25, 0.3) is 0 Å². The SMILES string of the molecule is C[C@H]1CCCC2CC3(C[C@@]21C)C(=O)COC3=O. The highest BCUT2D eigenvalue weighted by Crippen LogP contribution is 2.62. The molecule has 0 amide bonds. The average Bonchev–Trinajstić information content (AvgIpc) is 2.74. The van der Waals surface area contributed by atoms with Gasteiger partial charge in [0, 0.05) is 0 Å². The molecule has 1 spiro atoms. The van der Waals surface area contributed by atoms with Gasteiger partial charge in [0.15, 0.2) is 12.4 Å². The standard InChI is InChI=1S/C14H20O3/c1-9-4-3-5-10-6-14(8-13(9,10)2)11(15)7-17-12(14)16/h9-10H,3-8H2,1-2H3/t9-,10?,13+,14?/m0/s1. The number of rotatable bonds is 0. The Bertz CT molecular complexity index is 371. The zero-order valence-electron chi connectivity index (χ0n) is 10.6. The summed E-state index contributed by atoms with van der Waals surface area (Å²) < 4.78 is 5.00. The number of esters is 1. The van der Waals surface area contributed by atoms with Crippen LogP contribution in [0.2, 0.25) is 0 Å². The van der Waals surface area contributed by atoms with E-state index in [-0.39, 0.29) is 23.8 Å². The van der Waals surface area contributed by atoms with Crippen LogP contribution in [0.5, 0.6) is 0 Å². The Hall–Kier alpha value is -0.860. The highest BCUT2D eigenvalue weighted by Gasteiger charge is 2.64. The molecule has 0 aromatic carbocycles. The Morgan fingerprint density at radius 2 is 2.06 bits per heavy atom. The van der Waals surface area contributed by atoms with Gasteiger partial charge in [-0.2, -0.15) is 0 Å². The smallest absolute Gasteiger partial charge is 0.320 e. The predicted octanol–water partition coefficient (Wildman–Crippen LogP) is 2.33. The topological polar surface area (TPSA) is 43.4 Å². The van der Waals surface area contributed by atoms with Crippen molar-refractivity contribution < 1.29 is 14.3 Å². The normalized spacial score (nSPS) is 49.5. The molecule has 2 saturated carbocycles. The fraction of sp³-hybridized carbons (Fsp3) is 0.857. The van der Waals surface area contributed by atoms with E-state index in [0.717, 1.165) is 12.8 Å². The number of ketones is 1. The zero-order chi connectivity index (χ0) is 12.3. The number of Topliss-reactive ketones (excluding diaryl/α,β-unsaturated/α-hetero) is 1. The van der Waals surface area contributed by atoms with Crippen molar-refractivity contribution in [1.82, 2.24) is 0 Å². The van der Waals surface area contributed by atoms with Gasteiger partial charge in [0.25, 0.3) is 0 Å². The molecule has 3 heteroatoms. The number of hydrogen-bond acceptors (Lipinski definition) is 3. The quantitative estimate of drug-likeness (QED) is 0.479. The fourth-order valence-corrected chi connectivity index (χ4v) is 4.42. The Labute approximate surface area is 102 Å². The van der Waals surface area contributed by atoms with Gasteiger partial charge in [-0.05, 0) is 36.5 Å². The van der Waals surface area contributed by atoms with Gasteiger partial charge in [0.1, 0.15) is 5.41 Å². The van der Waals surface area contributed by atoms with Crippen LogP contribution in [0, 0.1) is 22.7 Å². The third kappa shape index (κ3) is 1.28. The second-order valence-corrected chi connectivity index (χ2v) is 6.50. The van der Waals surface area contributed by atoms with E-state index < -0.39 is 5.41 Å². The number of ether oxygens (including phenoxy) is 1. The van der Waals surface area contributed by atoms with Crippen LogP contribution in [0.1, 0.15) is 46.0 Å². The third-order valence-electron chi connectivity index (χ3n) is 5.78. The van der Waals surface area contributed by atoms with Gasteiger partial charge in [0.05, 0.1) is 0 Å². The highest BCUT2D eigenvalue weighted by atomic mass is 16.5. The minimum Gasteiger partial charge on any atom is -0.457 e. The summed E-state index contributed by atoms with van der Waals surface area (Å²) in [5, 5.41) is 0. The van der Waals surface area contributed by atoms with Crippen molar-refractivity contribution in [3.8, 4) is 0 Å². The molecule has 3 aliphatic rings. The van der Waals surface area contributed by atoms with Crippen LogP contribution in [0.15, 0.2) is 0 Å². The van der Waals surface area contributed by atoms with Crippen molar-refractivity contribution in [1.29, 1.82) is 0 Å². The van der Waals surface area contributed by atoms with Gasteiger partial charge in [-0.25, -0.2) is 0 Å². The second-order valence-electron chi connectivity index (χ2n) is 6.50. The van der Waals surface area contributed by atoms with Gasteiger partial charge < -0.3 is 4.74 Å². The first-order valence-corrected chi connectivity index (χ1v) is 6.69. The molecule has 0 radical (unpaired) electrons. The molecule has 1 saturated heterocycles. The van der Waals surface area contributed by atoms with Crippen molar-refractivity contribution >= 4 is 11.8 Å². The van der Waals surface area contributed by atoms with Crippen molar-refractivity contribution in [2.75, 3.05) is 6.61 Å². The molecule has 94 valence electrons. The first-order chi connectivity index (χ1) is 7.99. The maximum atomic E-state index is 12.1. The summed E-state index contributed by atoms with van der Waals surface area (Å²) >= 11 is 0. The predicted molar refractivity (Wildman–Crippen MR) is 62.2 cm³/mol. The number of carbonyl (C=O) groups is 2. The van der Waals surface area contributed by atoms with Gasteiger partial charge in [-0.3, -0.25) is 9.59 Å². The Balaban J connectivity index is 1.98. The van der Waals surface area contributed by atoms with E-state index in [1.165, 1.54) is 19.3 Å². The summed E-state index contributed by atoms with van der Waals surface area (Å²) in [7, 11) is 0. The van der Waals surface area contributed by atoms with E-state index in [0.29, 0.717) is 11.8 Å².